The van der Waals surface area contributed by atoms with E-state index in [9.17, 15) is 14.7 Å². The number of rotatable bonds is 3. The molecule has 3 heterocycles. The topological polar surface area (TPSA) is 87.8 Å². The molecule has 0 radical (unpaired) electrons. The molecule has 1 atom stereocenters. The molecule has 1 N–H and O–H groups in total. The fourth-order valence-corrected chi connectivity index (χ4v) is 2.86. The van der Waals surface area contributed by atoms with E-state index in [0.717, 1.165) is 12.2 Å². The Bertz CT molecular complexity index is 737. The molecule has 1 saturated heterocycles. The molecule has 0 saturated carbocycles. The van der Waals surface area contributed by atoms with Crippen LogP contribution in [0.3, 0.4) is 0 Å². The van der Waals surface area contributed by atoms with Gasteiger partial charge in [-0.05, 0) is 25.0 Å². The number of fused-ring (bicyclic) bond motifs is 1. The zero-order valence-corrected chi connectivity index (χ0v) is 12.6. The Kier molecular flexibility index (Phi) is 3.56. The molecule has 0 bridgehead atoms. The summed E-state index contributed by atoms with van der Waals surface area (Å²) in [6.45, 7) is 4.49. The Morgan fingerprint density at radius 2 is 2.09 bits per heavy atom. The minimum Gasteiger partial charge on any atom is -0.480 e. The van der Waals surface area contributed by atoms with Crippen LogP contribution in [0.2, 0.25) is 0 Å². The summed E-state index contributed by atoms with van der Waals surface area (Å²) in [6.07, 6.45) is 2.92. The Morgan fingerprint density at radius 1 is 1.32 bits per heavy atom. The molecule has 0 spiro atoms. The van der Waals surface area contributed by atoms with Crippen molar-refractivity contribution in [2.24, 2.45) is 0 Å². The molecular formula is C15H18N4O3. The maximum atomic E-state index is 12.6. The number of pyridine rings is 1. The third kappa shape index (κ3) is 2.32. The van der Waals surface area contributed by atoms with Crippen molar-refractivity contribution >= 4 is 17.5 Å². The van der Waals surface area contributed by atoms with Crippen LogP contribution in [0, 0.1) is 0 Å². The number of hydrogen-bond donors (Lipinski definition) is 1. The van der Waals surface area contributed by atoms with E-state index < -0.39 is 12.0 Å². The maximum absolute atomic E-state index is 12.6. The van der Waals surface area contributed by atoms with Gasteiger partial charge in [0.05, 0.1) is 5.56 Å². The van der Waals surface area contributed by atoms with Gasteiger partial charge in [-0.2, -0.15) is 0 Å². The standard InChI is InChI=1S/C15H18N4O3/c1-9(2)13-17-16-12-6-5-10(8-19(12)13)14(20)18-7-3-4-11(18)15(21)22/h5-6,8-9,11H,3-4,7H2,1-2H3,(H,21,22). The fraction of sp³-hybridized carbons (Fsp3) is 0.467. The van der Waals surface area contributed by atoms with Gasteiger partial charge in [0.1, 0.15) is 11.9 Å². The molecule has 1 unspecified atom stereocenters. The fourth-order valence-electron chi connectivity index (χ4n) is 2.86. The highest BCUT2D eigenvalue weighted by molar-refractivity contribution is 5.97. The highest BCUT2D eigenvalue weighted by atomic mass is 16.4. The Labute approximate surface area is 127 Å². The van der Waals surface area contributed by atoms with Crippen LogP contribution in [-0.4, -0.2) is 49.1 Å². The molecule has 0 aliphatic carbocycles. The first-order chi connectivity index (χ1) is 10.5. The number of nitrogens with zero attached hydrogens (tertiary/aromatic N) is 4. The van der Waals surface area contributed by atoms with Gasteiger partial charge in [-0.15, -0.1) is 10.2 Å². The summed E-state index contributed by atoms with van der Waals surface area (Å²) in [5, 5.41) is 17.4. The average molecular weight is 302 g/mol. The predicted molar refractivity (Wildman–Crippen MR) is 78.8 cm³/mol. The molecule has 3 rings (SSSR count). The number of amides is 1. The van der Waals surface area contributed by atoms with Gasteiger partial charge >= 0.3 is 5.97 Å². The van der Waals surface area contributed by atoms with Crippen molar-refractivity contribution in [3.63, 3.8) is 0 Å². The first kappa shape index (κ1) is 14.5. The van der Waals surface area contributed by atoms with E-state index in [2.05, 4.69) is 10.2 Å². The maximum Gasteiger partial charge on any atom is 0.326 e. The number of aromatic nitrogens is 3. The van der Waals surface area contributed by atoms with Gasteiger partial charge in [0, 0.05) is 18.7 Å². The summed E-state index contributed by atoms with van der Waals surface area (Å²) in [7, 11) is 0. The van der Waals surface area contributed by atoms with E-state index in [1.54, 1.807) is 22.7 Å². The van der Waals surface area contributed by atoms with Gasteiger partial charge in [-0.1, -0.05) is 13.8 Å². The van der Waals surface area contributed by atoms with Gasteiger partial charge in [0.2, 0.25) is 0 Å². The largest absolute Gasteiger partial charge is 0.480 e. The second-order valence-corrected chi connectivity index (χ2v) is 5.85. The highest BCUT2D eigenvalue weighted by Gasteiger charge is 2.34. The number of carboxylic acids is 1. The number of hydrogen-bond acceptors (Lipinski definition) is 4. The van der Waals surface area contributed by atoms with Crippen molar-refractivity contribution < 1.29 is 14.7 Å². The van der Waals surface area contributed by atoms with Crippen molar-refractivity contribution in [2.75, 3.05) is 6.54 Å². The van der Waals surface area contributed by atoms with Gasteiger partial charge in [-0.3, -0.25) is 9.20 Å². The monoisotopic (exact) mass is 302 g/mol. The van der Waals surface area contributed by atoms with Crippen molar-refractivity contribution in [1.82, 2.24) is 19.5 Å². The van der Waals surface area contributed by atoms with Crippen LogP contribution in [0.15, 0.2) is 18.3 Å². The van der Waals surface area contributed by atoms with E-state index >= 15 is 0 Å². The molecule has 0 aromatic carbocycles. The molecule has 1 amide bonds. The summed E-state index contributed by atoms with van der Waals surface area (Å²) in [6, 6.07) is 2.68. The molecule has 7 nitrogen and oxygen atoms in total. The lowest BCUT2D eigenvalue weighted by atomic mass is 10.2. The SMILES string of the molecule is CC(C)c1nnc2ccc(C(=O)N3CCCC3C(=O)O)cn12. The Morgan fingerprint density at radius 3 is 2.77 bits per heavy atom. The summed E-state index contributed by atoms with van der Waals surface area (Å²) < 4.78 is 1.80. The Hall–Kier alpha value is -2.44. The predicted octanol–water partition coefficient (Wildman–Crippen LogP) is 1.54. The molecule has 2 aromatic rings. The van der Waals surface area contributed by atoms with E-state index in [-0.39, 0.29) is 11.8 Å². The molecule has 1 fully saturated rings. The van der Waals surface area contributed by atoms with E-state index in [1.807, 2.05) is 13.8 Å². The molecule has 22 heavy (non-hydrogen) atoms. The average Bonchev–Trinajstić information content (AvgIpc) is 3.12. The van der Waals surface area contributed by atoms with E-state index in [4.69, 9.17) is 0 Å². The quantitative estimate of drug-likeness (QED) is 0.929. The van der Waals surface area contributed by atoms with Crippen LogP contribution in [0.25, 0.3) is 5.65 Å². The number of carbonyl (C=O) groups is 2. The number of aliphatic carboxylic acids is 1. The minimum atomic E-state index is -0.945. The first-order valence-corrected chi connectivity index (χ1v) is 7.37. The molecule has 1 aliphatic rings. The third-order valence-corrected chi connectivity index (χ3v) is 3.99. The van der Waals surface area contributed by atoms with Crippen molar-refractivity contribution in [3.05, 3.63) is 29.7 Å². The van der Waals surface area contributed by atoms with Gasteiger partial charge < -0.3 is 10.0 Å². The van der Waals surface area contributed by atoms with Crippen LogP contribution in [-0.2, 0) is 4.79 Å². The van der Waals surface area contributed by atoms with Crippen LogP contribution in [0.5, 0.6) is 0 Å². The zero-order valence-electron chi connectivity index (χ0n) is 12.6. The summed E-state index contributed by atoms with van der Waals surface area (Å²) >= 11 is 0. The van der Waals surface area contributed by atoms with Crippen molar-refractivity contribution in [3.8, 4) is 0 Å². The van der Waals surface area contributed by atoms with Crippen molar-refractivity contribution in [1.29, 1.82) is 0 Å². The van der Waals surface area contributed by atoms with Gasteiger partial charge in [0.15, 0.2) is 5.65 Å². The number of carboxylic acid groups (broad SMARTS) is 1. The number of likely N-dealkylation sites (tertiary alicyclic amines) is 1. The van der Waals surface area contributed by atoms with Crippen LogP contribution in [0.1, 0.15) is 48.8 Å². The van der Waals surface area contributed by atoms with E-state index in [1.165, 1.54) is 4.90 Å². The minimum absolute atomic E-state index is 0.180. The van der Waals surface area contributed by atoms with Crippen LogP contribution >= 0.6 is 0 Å². The summed E-state index contributed by atoms with van der Waals surface area (Å²) in [4.78, 5) is 25.3. The smallest absolute Gasteiger partial charge is 0.326 e. The second kappa shape index (κ2) is 5.40. The highest BCUT2D eigenvalue weighted by Crippen LogP contribution is 2.21. The second-order valence-electron chi connectivity index (χ2n) is 5.85. The lowest BCUT2D eigenvalue weighted by Crippen LogP contribution is -2.40. The lowest BCUT2D eigenvalue weighted by molar-refractivity contribution is -0.141. The Balaban J connectivity index is 1.97. The molecule has 7 heteroatoms. The zero-order chi connectivity index (χ0) is 15.9. The summed E-state index contributed by atoms with van der Waals surface area (Å²) in [5.41, 5.74) is 1.14. The normalized spacial score (nSPS) is 18.3. The molecule has 1 aliphatic heterocycles. The summed E-state index contributed by atoms with van der Waals surface area (Å²) in [5.74, 6) is -0.242. The molecule has 116 valence electrons. The molecular weight excluding hydrogens is 284 g/mol. The van der Waals surface area contributed by atoms with Crippen molar-refractivity contribution in [2.45, 2.75) is 38.6 Å². The lowest BCUT2D eigenvalue weighted by Gasteiger charge is -2.21. The third-order valence-electron chi connectivity index (χ3n) is 3.99. The number of carbonyl (C=O) groups excluding carboxylic acids is 1. The molecule has 2 aromatic heterocycles. The van der Waals surface area contributed by atoms with E-state index in [0.29, 0.717) is 24.2 Å². The van der Waals surface area contributed by atoms with Gasteiger partial charge in [0.25, 0.3) is 5.91 Å². The van der Waals surface area contributed by atoms with Crippen LogP contribution < -0.4 is 0 Å². The van der Waals surface area contributed by atoms with Crippen LogP contribution in [0.4, 0.5) is 0 Å². The first-order valence-electron chi connectivity index (χ1n) is 7.37. The van der Waals surface area contributed by atoms with Gasteiger partial charge in [-0.25, -0.2) is 4.79 Å².